The summed E-state index contributed by atoms with van der Waals surface area (Å²) in [6.07, 6.45) is 5.15. The fraction of sp³-hybridized carbons (Fsp3) is 0.190. The first-order valence-electron chi connectivity index (χ1n) is 8.81. The normalized spacial score (nSPS) is 10.4. The fourth-order valence-corrected chi connectivity index (χ4v) is 2.43. The number of carbonyl (C=O) groups excluding carboxylic acids is 1. The largest absolute Gasteiger partial charge is 0.508 e. The Morgan fingerprint density at radius 2 is 1.85 bits per heavy atom. The molecule has 1 heterocycles. The minimum absolute atomic E-state index is 0.149. The van der Waals surface area contributed by atoms with Crippen molar-refractivity contribution in [2.75, 3.05) is 11.9 Å². The van der Waals surface area contributed by atoms with Crippen molar-refractivity contribution in [3.8, 4) is 22.9 Å². The van der Waals surface area contributed by atoms with Crippen LogP contribution >= 0.6 is 0 Å². The topological polar surface area (TPSA) is 84.3 Å². The molecule has 3 rings (SSSR count). The van der Waals surface area contributed by atoms with Gasteiger partial charge in [0.15, 0.2) is 5.82 Å². The summed E-state index contributed by atoms with van der Waals surface area (Å²) in [4.78, 5) is 20.8. The summed E-state index contributed by atoms with van der Waals surface area (Å²) in [5.41, 5.74) is 1.72. The number of rotatable bonds is 7. The number of hydrogen-bond donors (Lipinski definition) is 2. The minimum atomic E-state index is -0.246. The lowest BCUT2D eigenvalue weighted by Gasteiger charge is -2.08. The number of unbranched alkanes of at least 4 members (excludes halogenated alkanes) is 1. The average Bonchev–Trinajstić information content (AvgIpc) is 2.69. The van der Waals surface area contributed by atoms with Crippen LogP contribution in [0, 0.1) is 0 Å². The third-order valence-electron chi connectivity index (χ3n) is 3.90. The second kappa shape index (κ2) is 8.80. The molecule has 0 aliphatic rings. The Morgan fingerprint density at radius 1 is 1.11 bits per heavy atom. The summed E-state index contributed by atoms with van der Waals surface area (Å²) < 4.78 is 5.59. The highest BCUT2D eigenvalue weighted by atomic mass is 16.5. The zero-order valence-corrected chi connectivity index (χ0v) is 15.1. The van der Waals surface area contributed by atoms with Gasteiger partial charge in [-0.3, -0.25) is 4.79 Å². The van der Waals surface area contributed by atoms with E-state index in [9.17, 15) is 9.90 Å². The van der Waals surface area contributed by atoms with E-state index in [1.54, 1.807) is 48.5 Å². The average molecular weight is 363 g/mol. The molecule has 6 nitrogen and oxygen atoms in total. The van der Waals surface area contributed by atoms with Crippen LogP contribution < -0.4 is 10.1 Å². The molecule has 27 heavy (non-hydrogen) atoms. The second-order valence-electron chi connectivity index (χ2n) is 6.03. The summed E-state index contributed by atoms with van der Waals surface area (Å²) in [6.45, 7) is 2.78. The summed E-state index contributed by atoms with van der Waals surface area (Å²) in [5, 5.41) is 12.3. The van der Waals surface area contributed by atoms with Crippen LogP contribution in [0.5, 0.6) is 11.5 Å². The number of carbonyl (C=O) groups is 1. The van der Waals surface area contributed by atoms with E-state index in [4.69, 9.17) is 4.74 Å². The fourth-order valence-electron chi connectivity index (χ4n) is 2.43. The van der Waals surface area contributed by atoms with Crippen molar-refractivity contribution >= 4 is 11.6 Å². The maximum Gasteiger partial charge on any atom is 0.255 e. The zero-order chi connectivity index (χ0) is 19.1. The second-order valence-corrected chi connectivity index (χ2v) is 6.03. The molecule has 0 fully saturated rings. The molecular formula is C21H21N3O3. The van der Waals surface area contributed by atoms with E-state index in [1.165, 1.54) is 12.4 Å². The van der Waals surface area contributed by atoms with Gasteiger partial charge < -0.3 is 15.2 Å². The van der Waals surface area contributed by atoms with Gasteiger partial charge in [-0.2, -0.15) is 0 Å². The van der Waals surface area contributed by atoms with Crippen LogP contribution in [-0.2, 0) is 0 Å². The number of aromatic nitrogens is 2. The number of phenolic OH excluding ortho intramolecular Hbond substituents is 1. The molecular weight excluding hydrogens is 342 g/mol. The molecule has 6 heteroatoms. The number of ether oxygens (including phenoxy) is 1. The molecule has 0 unspecified atom stereocenters. The van der Waals surface area contributed by atoms with Crippen molar-refractivity contribution < 1.29 is 14.6 Å². The number of anilines is 1. The Kier molecular flexibility index (Phi) is 5.99. The van der Waals surface area contributed by atoms with Crippen LogP contribution in [0.3, 0.4) is 0 Å². The van der Waals surface area contributed by atoms with Gasteiger partial charge in [-0.1, -0.05) is 25.5 Å². The van der Waals surface area contributed by atoms with E-state index in [2.05, 4.69) is 22.2 Å². The highest BCUT2D eigenvalue weighted by Crippen LogP contribution is 2.20. The van der Waals surface area contributed by atoms with Crippen molar-refractivity contribution in [1.82, 2.24) is 9.97 Å². The van der Waals surface area contributed by atoms with Crippen molar-refractivity contribution in [1.29, 1.82) is 0 Å². The lowest BCUT2D eigenvalue weighted by molar-refractivity contribution is 0.102. The van der Waals surface area contributed by atoms with Gasteiger partial charge in [0.1, 0.15) is 11.5 Å². The first-order valence-corrected chi connectivity index (χ1v) is 8.81. The molecule has 1 aromatic heterocycles. The summed E-state index contributed by atoms with van der Waals surface area (Å²) in [6, 6.07) is 13.7. The Hall–Kier alpha value is -3.41. The third kappa shape index (κ3) is 5.04. The highest BCUT2D eigenvalue weighted by molar-refractivity contribution is 6.04. The predicted molar refractivity (Wildman–Crippen MR) is 104 cm³/mol. The van der Waals surface area contributed by atoms with Gasteiger partial charge in [-0.05, 0) is 42.8 Å². The van der Waals surface area contributed by atoms with Gasteiger partial charge in [0.2, 0.25) is 0 Å². The van der Waals surface area contributed by atoms with Crippen LogP contribution in [-0.4, -0.2) is 27.6 Å². The standard InChI is InChI=1S/C21H21N3O3/c1-2-3-11-27-19-9-7-15(8-10-19)21(26)24-17-13-22-20(23-14-17)16-5-4-6-18(25)12-16/h4-10,12-14,25H,2-3,11H2,1H3,(H,24,26). The van der Waals surface area contributed by atoms with E-state index < -0.39 is 0 Å². The van der Waals surface area contributed by atoms with E-state index in [-0.39, 0.29) is 11.7 Å². The van der Waals surface area contributed by atoms with Gasteiger partial charge in [-0.25, -0.2) is 9.97 Å². The Balaban J connectivity index is 1.62. The molecule has 0 saturated carbocycles. The maximum absolute atomic E-state index is 12.3. The Bertz CT molecular complexity index is 893. The van der Waals surface area contributed by atoms with E-state index >= 15 is 0 Å². The number of nitrogens with zero attached hydrogens (tertiary/aromatic N) is 2. The number of nitrogens with one attached hydrogen (secondary N) is 1. The summed E-state index contributed by atoms with van der Waals surface area (Å²) in [7, 11) is 0. The summed E-state index contributed by atoms with van der Waals surface area (Å²) in [5.74, 6) is 1.12. The smallest absolute Gasteiger partial charge is 0.255 e. The van der Waals surface area contributed by atoms with E-state index in [1.807, 2.05) is 0 Å². The Labute approximate surface area is 157 Å². The van der Waals surface area contributed by atoms with Gasteiger partial charge in [0, 0.05) is 11.1 Å². The lowest BCUT2D eigenvalue weighted by atomic mass is 10.2. The van der Waals surface area contributed by atoms with Crippen LogP contribution in [0.2, 0.25) is 0 Å². The molecule has 0 bridgehead atoms. The molecule has 0 spiro atoms. The van der Waals surface area contributed by atoms with Gasteiger partial charge in [0.25, 0.3) is 5.91 Å². The van der Waals surface area contributed by atoms with Crippen molar-refractivity contribution in [3.05, 3.63) is 66.5 Å². The molecule has 0 aliphatic carbocycles. The van der Waals surface area contributed by atoms with Crippen LogP contribution in [0.25, 0.3) is 11.4 Å². The monoisotopic (exact) mass is 363 g/mol. The lowest BCUT2D eigenvalue weighted by Crippen LogP contribution is -2.12. The van der Waals surface area contributed by atoms with Gasteiger partial charge in [0.05, 0.1) is 24.7 Å². The highest BCUT2D eigenvalue weighted by Gasteiger charge is 2.08. The van der Waals surface area contributed by atoms with E-state index in [0.717, 1.165) is 18.6 Å². The molecule has 2 N–H and O–H groups in total. The number of phenols is 1. The molecule has 0 saturated heterocycles. The van der Waals surface area contributed by atoms with Crippen molar-refractivity contribution in [2.24, 2.45) is 0 Å². The van der Waals surface area contributed by atoms with Gasteiger partial charge in [-0.15, -0.1) is 0 Å². The predicted octanol–water partition coefficient (Wildman–Crippen LogP) is 4.28. The molecule has 0 aliphatic heterocycles. The molecule has 0 atom stereocenters. The van der Waals surface area contributed by atoms with Gasteiger partial charge >= 0.3 is 0 Å². The van der Waals surface area contributed by atoms with Crippen LogP contribution in [0.1, 0.15) is 30.1 Å². The quantitative estimate of drug-likeness (QED) is 0.612. The number of hydrogen-bond acceptors (Lipinski definition) is 5. The first-order chi connectivity index (χ1) is 13.2. The minimum Gasteiger partial charge on any atom is -0.508 e. The SMILES string of the molecule is CCCCOc1ccc(C(=O)Nc2cnc(-c3cccc(O)c3)nc2)cc1. The molecule has 138 valence electrons. The number of aromatic hydroxyl groups is 1. The zero-order valence-electron chi connectivity index (χ0n) is 15.1. The van der Waals surface area contributed by atoms with Crippen molar-refractivity contribution in [2.45, 2.75) is 19.8 Å². The van der Waals surface area contributed by atoms with Crippen LogP contribution in [0.4, 0.5) is 5.69 Å². The molecule has 2 aromatic carbocycles. The Morgan fingerprint density at radius 3 is 2.52 bits per heavy atom. The molecule has 3 aromatic rings. The summed E-state index contributed by atoms with van der Waals surface area (Å²) >= 11 is 0. The van der Waals surface area contributed by atoms with E-state index in [0.29, 0.717) is 29.2 Å². The number of benzene rings is 2. The number of amides is 1. The maximum atomic E-state index is 12.3. The van der Waals surface area contributed by atoms with Crippen LogP contribution in [0.15, 0.2) is 60.9 Å². The first kappa shape index (κ1) is 18.4. The third-order valence-corrected chi connectivity index (χ3v) is 3.90. The van der Waals surface area contributed by atoms with Crippen molar-refractivity contribution in [3.63, 3.8) is 0 Å². The molecule has 0 radical (unpaired) electrons. The molecule has 1 amide bonds.